The molecule has 1 heterocycles. The Morgan fingerprint density at radius 2 is 2.17 bits per heavy atom. The zero-order chi connectivity index (χ0) is 16.9. The van der Waals surface area contributed by atoms with Gasteiger partial charge in [-0.25, -0.2) is 0 Å². The van der Waals surface area contributed by atoms with Gasteiger partial charge >= 0.3 is 6.18 Å². The van der Waals surface area contributed by atoms with E-state index in [-0.39, 0.29) is 31.2 Å². The number of morpholine rings is 1. The van der Waals surface area contributed by atoms with Crippen molar-refractivity contribution in [2.45, 2.75) is 12.3 Å². The zero-order valence-electron chi connectivity index (χ0n) is 12.6. The van der Waals surface area contributed by atoms with Crippen molar-refractivity contribution in [3.63, 3.8) is 0 Å². The lowest BCUT2D eigenvalue weighted by Gasteiger charge is -2.33. The summed E-state index contributed by atoms with van der Waals surface area (Å²) in [5, 5.41) is 2.65. The molecule has 0 radical (unpaired) electrons. The number of nitrogens with zero attached hydrogens (tertiary/aromatic N) is 1. The standard InChI is InChI=1S/C16H19F3N2O2/c1-2-7-20-15(22)11-21-8-9-23-14(10-21)12-5-3-4-6-13(12)16(17,18)19/h2-6,14H,1,7-11H2,(H,20,22)/t14-/m0/s1. The zero-order valence-corrected chi connectivity index (χ0v) is 12.6. The number of nitrogens with one attached hydrogen (secondary N) is 1. The molecule has 1 saturated heterocycles. The molecule has 1 fully saturated rings. The second kappa shape index (κ2) is 7.61. The van der Waals surface area contributed by atoms with Gasteiger partial charge < -0.3 is 10.1 Å². The summed E-state index contributed by atoms with van der Waals surface area (Å²) < 4.78 is 44.8. The second-order valence-corrected chi connectivity index (χ2v) is 5.27. The predicted octanol–water partition coefficient (Wildman–Crippen LogP) is 2.38. The summed E-state index contributed by atoms with van der Waals surface area (Å²) in [6, 6.07) is 5.39. The average molecular weight is 328 g/mol. The number of hydrogen-bond donors (Lipinski definition) is 1. The molecule has 1 aliphatic heterocycles. The van der Waals surface area contributed by atoms with Crippen molar-refractivity contribution in [2.75, 3.05) is 32.8 Å². The van der Waals surface area contributed by atoms with E-state index in [1.807, 2.05) is 0 Å². The fraction of sp³-hybridized carbons (Fsp3) is 0.438. The minimum atomic E-state index is -4.43. The van der Waals surface area contributed by atoms with Crippen LogP contribution in [-0.2, 0) is 15.7 Å². The number of ether oxygens (including phenoxy) is 1. The van der Waals surface area contributed by atoms with Gasteiger partial charge in [0.2, 0.25) is 5.91 Å². The van der Waals surface area contributed by atoms with Gasteiger partial charge in [0.1, 0.15) is 0 Å². The van der Waals surface area contributed by atoms with E-state index in [4.69, 9.17) is 4.74 Å². The van der Waals surface area contributed by atoms with E-state index in [9.17, 15) is 18.0 Å². The Hall–Kier alpha value is -1.86. The summed E-state index contributed by atoms with van der Waals surface area (Å²) in [6.45, 7) is 5.03. The minimum absolute atomic E-state index is 0.108. The third kappa shape index (κ3) is 4.80. The molecule has 1 N–H and O–H groups in total. The molecule has 0 aliphatic carbocycles. The van der Waals surface area contributed by atoms with Crippen LogP contribution in [0.2, 0.25) is 0 Å². The number of amides is 1. The number of benzene rings is 1. The van der Waals surface area contributed by atoms with Crippen molar-refractivity contribution >= 4 is 5.91 Å². The molecule has 1 atom stereocenters. The lowest BCUT2D eigenvalue weighted by molar-refractivity contribution is -0.141. The molecular weight excluding hydrogens is 309 g/mol. The van der Waals surface area contributed by atoms with Crippen LogP contribution in [0, 0.1) is 0 Å². The second-order valence-electron chi connectivity index (χ2n) is 5.27. The third-order valence-corrected chi connectivity index (χ3v) is 3.57. The number of halogens is 3. The van der Waals surface area contributed by atoms with E-state index in [2.05, 4.69) is 11.9 Å². The molecule has 23 heavy (non-hydrogen) atoms. The van der Waals surface area contributed by atoms with Crippen LogP contribution < -0.4 is 5.32 Å². The number of carbonyl (C=O) groups is 1. The first-order valence-corrected chi connectivity index (χ1v) is 7.29. The monoisotopic (exact) mass is 328 g/mol. The Balaban J connectivity index is 2.07. The first-order chi connectivity index (χ1) is 10.9. The maximum Gasteiger partial charge on any atom is 0.416 e. The average Bonchev–Trinajstić information content (AvgIpc) is 2.52. The Kier molecular flexibility index (Phi) is 5.79. The molecule has 1 aliphatic rings. The molecular formula is C16H19F3N2O2. The summed E-state index contributed by atoms with van der Waals surface area (Å²) in [5.41, 5.74) is -0.584. The van der Waals surface area contributed by atoms with Crippen LogP contribution in [0.4, 0.5) is 13.2 Å². The minimum Gasteiger partial charge on any atom is -0.371 e. The summed E-state index contributed by atoms with van der Waals surface area (Å²) >= 11 is 0. The smallest absolute Gasteiger partial charge is 0.371 e. The van der Waals surface area contributed by atoms with E-state index in [1.54, 1.807) is 17.0 Å². The van der Waals surface area contributed by atoms with E-state index in [1.165, 1.54) is 12.1 Å². The van der Waals surface area contributed by atoms with Crippen molar-refractivity contribution in [1.82, 2.24) is 10.2 Å². The first-order valence-electron chi connectivity index (χ1n) is 7.29. The van der Waals surface area contributed by atoms with E-state index in [0.29, 0.717) is 13.1 Å². The first kappa shape index (κ1) is 17.5. The van der Waals surface area contributed by atoms with Crippen LogP contribution in [0.1, 0.15) is 17.2 Å². The van der Waals surface area contributed by atoms with Gasteiger partial charge in [-0.15, -0.1) is 6.58 Å². The summed E-state index contributed by atoms with van der Waals surface area (Å²) in [7, 11) is 0. The van der Waals surface area contributed by atoms with Gasteiger partial charge in [0.25, 0.3) is 0 Å². The molecule has 126 valence electrons. The van der Waals surface area contributed by atoms with Crippen molar-refractivity contribution in [3.05, 3.63) is 48.0 Å². The molecule has 0 unspecified atom stereocenters. The SMILES string of the molecule is C=CCNC(=O)CN1CCO[C@H](c2ccccc2C(F)(F)F)C1. The number of alkyl halides is 3. The fourth-order valence-electron chi connectivity index (χ4n) is 2.52. The van der Waals surface area contributed by atoms with Gasteiger partial charge in [0.15, 0.2) is 0 Å². The van der Waals surface area contributed by atoms with Gasteiger partial charge in [-0.1, -0.05) is 24.3 Å². The highest BCUT2D eigenvalue weighted by molar-refractivity contribution is 5.78. The largest absolute Gasteiger partial charge is 0.416 e. The van der Waals surface area contributed by atoms with E-state index in [0.717, 1.165) is 6.07 Å². The predicted molar refractivity (Wildman–Crippen MR) is 79.8 cm³/mol. The Morgan fingerprint density at radius 3 is 2.87 bits per heavy atom. The van der Waals surface area contributed by atoms with Crippen molar-refractivity contribution in [1.29, 1.82) is 0 Å². The molecule has 0 saturated carbocycles. The highest BCUT2D eigenvalue weighted by Gasteiger charge is 2.36. The maximum absolute atomic E-state index is 13.1. The van der Waals surface area contributed by atoms with Crippen LogP contribution in [0.25, 0.3) is 0 Å². The van der Waals surface area contributed by atoms with Crippen LogP contribution in [0.3, 0.4) is 0 Å². The van der Waals surface area contributed by atoms with Gasteiger partial charge in [-0.3, -0.25) is 9.69 Å². The van der Waals surface area contributed by atoms with Crippen LogP contribution in [-0.4, -0.2) is 43.6 Å². The van der Waals surface area contributed by atoms with Gasteiger partial charge in [-0.2, -0.15) is 13.2 Å². The van der Waals surface area contributed by atoms with Gasteiger partial charge in [0, 0.05) is 19.6 Å². The van der Waals surface area contributed by atoms with E-state index < -0.39 is 17.8 Å². The highest BCUT2D eigenvalue weighted by atomic mass is 19.4. The molecule has 1 aromatic rings. The summed E-state index contributed by atoms with van der Waals surface area (Å²) in [4.78, 5) is 13.5. The molecule has 1 amide bonds. The maximum atomic E-state index is 13.1. The molecule has 7 heteroatoms. The van der Waals surface area contributed by atoms with Crippen LogP contribution >= 0.6 is 0 Å². The molecule has 0 spiro atoms. The number of rotatable bonds is 5. The van der Waals surface area contributed by atoms with Gasteiger partial charge in [-0.05, 0) is 11.6 Å². The molecule has 1 aromatic carbocycles. The van der Waals surface area contributed by atoms with Crippen molar-refractivity contribution in [2.24, 2.45) is 0 Å². The van der Waals surface area contributed by atoms with E-state index >= 15 is 0 Å². The van der Waals surface area contributed by atoms with Crippen molar-refractivity contribution in [3.8, 4) is 0 Å². The highest BCUT2D eigenvalue weighted by Crippen LogP contribution is 2.36. The molecule has 4 nitrogen and oxygen atoms in total. The molecule has 2 rings (SSSR count). The quantitative estimate of drug-likeness (QED) is 0.844. The third-order valence-electron chi connectivity index (χ3n) is 3.57. The Morgan fingerprint density at radius 1 is 1.43 bits per heavy atom. The number of hydrogen-bond acceptors (Lipinski definition) is 3. The lowest BCUT2D eigenvalue weighted by atomic mass is 10.0. The molecule has 0 aromatic heterocycles. The van der Waals surface area contributed by atoms with Gasteiger partial charge in [0.05, 0.1) is 24.8 Å². The topological polar surface area (TPSA) is 41.6 Å². The molecule has 0 bridgehead atoms. The number of carbonyl (C=O) groups excluding carboxylic acids is 1. The summed E-state index contributed by atoms with van der Waals surface area (Å²) in [6.07, 6.45) is -3.56. The van der Waals surface area contributed by atoms with Crippen LogP contribution in [0.15, 0.2) is 36.9 Å². The fourth-order valence-corrected chi connectivity index (χ4v) is 2.52. The lowest BCUT2D eigenvalue weighted by Crippen LogP contribution is -2.44. The Labute approximate surface area is 132 Å². The van der Waals surface area contributed by atoms with Crippen molar-refractivity contribution < 1.29 is 22.7 Å². The Bertz CT molecular complexity index is 561. The normalized spacial score (nSPS) is 19.3. The summed E-state index contributed by atoms with van der Waals surface area (Å²) in [5.74, 6) is -0.186. The van der Waals surface area contributed by atoms with Crippen LogP contribution in [0.5, 0.6) is 0 Å².